The molecule has 5 nitrogen and oxygen atoms in total. The standard InChI is InChI=1S/C13H10BrNO4/c1-18-11-7-4-8-12(13(11)15(16)17)19-10-6-3-2-5-9(10)14/h2-8H,1H3. The van der Waals surface area contributed by atoms with Gasteiger partial charge in [-0.3, -0.25) is 10.1 Å². The molecule has 0 aliphatic carbocycles. The molecule has 2 aromatic carbocycles. The zero-order chi connectivity index (χ0) is 13.8. The van der Waals surface area contributed by atoms with Crippen molar-refractivity contribution in [3.63, 3.8) is 0 Å². The Kier molecular flexibility index (Phi) is 4.01. The minimum atomic E-state index is -0.523. The lowest BCUT2D eigenvalue weighted by molar-refractivity contribution is -0.386. The monoisotopic (exact) mass is 323 g/mol. The van der Waals surface area contributed by atoms with E-state index in [0.717, 1.165) is 0 Å². The number of hydrogen-bond acceptors (Lipinski definition) is 4. The molecular weight excluding hydrogens is 314 g/mol. The van der Waals surface area contributed by atoms with Gasteiger partial charge in [-0.2, -0.15) is 0 Å². The molecule has 0 bridgehead atoms. The number of halogens is 1. The highest BCUT2D eigenvalue weighted by Gasteiger charge is 2.22. The van der Waals surface area contributed by atoms with Crippen molar-refractivity contribution in [2.24, 2.45) is 0 Å². The maximum atomic E-state index is 11.1. The zero-order valence-electron chi connectivity index (χ0n) is 10.00. The van der Waals surface area contributed by atoms with Crippen LogP contribution in [0.25, 0.3) is 0 Å². The molecule has 0 amide bonds. The smallest absolute Gasteiger partial charge is 0.352 e. The Morgan fingerprint density at radius 1 is 1.05 bits per heavy atom. The van der Waals surface area contributed by atoms with Crippen molar-refractivity contribution >= 4 is 21.6 Å². The van der Waals surface area contributed by atoms with E-state index in [0.29, 0.717) is 10.2 Å². The van der Waals surface area contributed by atoms with Crippen molar-refractivity contribution in [2.75, 3.05) is 7.11 Å². The van der Waals surface area contributed by atoms with E-state index in [-0.39, 0.29) is 17.2 Å². The number of nitro benzene ring substituents is 1. The molecule has 2 aromatic rings. The lowest BCUT2D eigenvalue weighted by atomic mass is 10.2. The minimum absolute atomic E-state index is 0.135. The Labute approximate surface area is 118 Å². The van der Waals surface area contributed by atoms with Crippen molar-refractivity contribution in [1.82, 2.24) is 0 Å². The van der Waals surface area contributed by atoms with Crippen LogP contribution in [-0.4, -0.2) is 12.0 Å². The number of hydrogen-bond donors (Lipinski definition) is 0. The first-order chi connectivity index (χ1) is 9.13. The van der Waals surface area contributed by atoms with Crippen molar-refractivity contribution in [3.05, 3.63) is 57.1 Å². The van der Waals surface area contributed by atoms with Crippen LogP contribution in [0.15, 0.2) is 46.9 Å². The van der Waals surface area contributed by atoms with Crippen LogP contribution in [0.2, 0.25) is 0 Å². The fraction of sp³-hybridized carbons (Fsp3) is 0.0769. The predicted octanol–water partition coefficient (Wildman–Crippen LogP) is 4.16. The maximum Gasteiger partial charge on any atom is 0.352 e. The van der Waals surface area contributed by atoms with Crippen LogP contribution in [-0.2, 0) is 0 Å². The molecule has 6 heteroatoms. The Morgan fingerprint density at radius 3 is 2.32 bits per heavy atom. The molecule has 0 aromatic heterocycles. The van der Waals surface area contributed by atoms with Crippen LogP contribution in [0.5, 0.6) is 17.2 Å². The highest BCUT2D eigenvalue weighted by Crippen LogP contribution is 2.40. The number of nitro groups is 1. The van der Waals surface area contributed by atoms with E-state index >= 15 is 0 Å². The zero-order valence-corrected chi connectivity index (χ0v) is 11.6. The molecule has 0 radical (unpaired) electrons. The van der Waals surface area contributed by atoms with E-state index in [1.54, 1.807) is 24.3 Å². The maximum absolute atomic E-state index is 11.1. The van der Waals surface area contributed by atoms with Crippen molar-refractivity contribution in [2.45, 2.75) is 0 Å². The Morgan fingerprint density at radius 2 is 1.68 bits per heavy atom. The molecule has 0 saturated heterocycles. The summed E-state index contributed by atoms with van der Waals surface area (Å²) in [5.74, 6) is 0.796. The number of nitrogens with zero attached hydrogens (tertiary/aromatic N) is 1. The molecule has 19 heavy (non-hydrogen) atoms. The van der Waals surface area contributed by atoms with E-state index in [9.17, 15) is 10.1 Å². The second-order valence-corrected chi connectivity index (χ2v) is 4.45. The fourth-order valence-electron chi connectivity index (χ4n) is 1.58. The Balaban J connectivity index is 2.46. The van der Waals surface area contributed by atoms with E-state index in [2.05, 4.69) is 15.9 Å². The van der Waals surface area contributed by atoms with E-state index < -0.39 is 4.92 Å². The summed E-state index contributed by atoms with van der Waals surface area (Å²) in [7, 11) is 1.38. The van der Waals surface area contributed by atoms with E-state index in [1.807, 2.05) is 6.07 Å². The summed E-state index contributed by atoms with van der Waals surface area (Å²) in [5, 5.41) is 11.1. The average molecular weight is 324 g/mol. The van der Waals surface area contributed by atoms with Crippen LogP contribution >= 0.6 is 15.9 Å². The summed E-state index contributed by atoms with van der Waals surface area (Å²) in [5.41, 5.74) is -0.194. The van der Waals surface area contributed by atoms with Gasteiger partial charge in [0.2, 0.25) is 11.5 Å². The Hall–Kier alpha value is -2.08. The summed E-state index contributed by atoms with van der Waals surface area (Å²) in [6, 6.07) is 11.8. The molecule has 98 valence electrons. The molecule has 0 fully saturated rings. The quantitative estimate of drug-likeness (QED) is 0.626. The van der Waals surface area contributed by atoms with Crippen LogP contribution in [0, 0.1) is 10.1 Å². The van der Waals surface area contributed by atoms with Gasteiger partial charge in [-0.05, 0) is 40.2 Å². The summed E-state index contributed by atoms with van der Waals surface area (Å²) in [4.78, 5) is 10.6. The van der Waals surface area contributed by atoms with Gasteiger partial charge >= 0.3 is 5.69 Å². The number of methoxy groups -OCH3 is 1. The molecule has 0 aliphatic rings. The highest BCUT2D eigenvalue weighted by atomic mass is 79.9. The SMILES string of the molecule is COc1cccc(Oc2ccccc2Br)c1[N+](=O)[O-]. The van der Waals surface area contributed by atoms with Gasteiger partial charge in [0, 0.05) is 0 Å². The Bertz CT molecular complexity index is 615. The first-order valence-electron chi connectivity index (χ1n) is 5.37. The number of rotatable bonds is 4. The van der Waals surface area contributed by atoms with Gasteiger partial charge in [-0.1, -0.05) is 18.2 Å². The summed E-state index contributed by atoms with van der Waals surface area (Å²) < 4.78 is 11.3. The molecule has 0 saturated carbocycles. The van der Waals surface area contributed by atoms with E-state index in [4.69, 9.17) is 9.47 Å². The molecular formula is C13H10BrNO4. The summed E-state index contributed by atoms with van der Waals surface area (Å²) in [6.45, 7) is 0. The second kappa shape index (κ2) is 5.71. The normalized spacial score (nSPS) is 10.0. The summed E-state index contributed by atoms with van der Waals surface area (Å²) >= 11 is 3.32. The average Bonchev–Trinajstić information content (AvgIpc) is 2.40. The third-order valence-electron chi connectivity index (χ3n) is 2.42. The first kappa shape index (κ1) is 13.4. The largest absolute Gasteiger partial charge is 0.490 e. The van der Waals surface area contributed by atoms with Gasteiger partial charge in [0.15, 0.2) is 0 Å². The molecule has 0 atom stereocenters. The number of para-hydroxylation sites is 2. The van der Waals surface area contributed by atoms with Gasteiger partial charge in [0.1, 0.15) is 5.75 Å². The van der Waals surface area contributed by atoms with Gasteiger partial charge in [-0.25, -0.2) is 0 Å². The number of benzene rings is 2. The fourth-order valence-corrected chi connectivity index (χ4v) is 1.94. The molecule has 0 heterocycles. The molecule has 0 spiro atoms. The van der Waals surface area contributed by atoms with Crippen LogP contribution in [0.4, 0.5) is 5.69 Å². The minimum Gasteiger partial charge on any atom is -0.490 e. The molecule has 0 N–H and O–H groups in total. The van der Waals surface area contributed by atoms with Crippen molar-refractivity contribution in [3.8, 4) is 17.2 Å². The van der Waals surface area contributed by atoms with Crippen molar-refractivity contribution in [1.29, 1.82) is 0 Å². The third-order valence-corrected chi connectivity index (χ3v) is 3.08. The van der Waals surface area contributed by atoms with Crippen LogP contribution < -0.4 is 9.47 Å². The topological polar surface area (TPSA) is 61.6 Å². The van der Waals surface area contributed by atoms with E-state index in [1.165, 1.54) is 19.2 Å². The molecule has 0 unspecified atom stereocenters. The van der Waals surface area contributed by atoms with Gasteiger partial charge in [0.25, 0.3) is 0 Å². The first-order valence-corrected chi connectivity index (χ1v) is 6.16. The van der Waals surface area contributed by atoms with Crippen LogP contribution in [0.3, 0.4) is 0 Å². The second-order valence-electron chi connectivity index (χ2n) is 3.60. The molecule has 0 aliphatic heterocycles. The van der Waals surface area contributed by atoms with Gasteiger partial charge in [-0.15, -0.1) is 0 Å². The van der Waals surface area contributed by atoms with Gasteiger partial charge < -0.3 is 9.47 Å². The summed E-state index contributed by atoms with van der Waals surface area (Å²) in [6.07, 6.45) is 0. The lowest BCUT2D eigenvalue weighted by Crippen LogP contribution is -1.97. The molecule has 2 rings (SSSR count). The van der Waals surface area contributed by atoms with Crippen LogP contribution in [0.1, 0.15) is 0 Å². The number of ether oxygens (including phenoxy) is 2. The predicted molar refractivity (Wildman–Crippen MR) is 73.9 cm³/mol. The lowest BCUT2D eigenvalue weighted by Gasteiger charge is -2.09. The van der Waals surface area contributed by atoms with Crippen molar-refractivity contribution < 1.29 is 14.4 Å². The van der Waals surface area contributed by atoms with Gasteiger partial charge in [0.05, 0.1) is 16.5 Å². The third kappa shape index (κ3) is 2.85. The highest BCUT2D eigenvalue weighted by molar-refractivity contribution is 9.10.